The van der Waals surface area contributed by atoms with Crippen molar-refractivity contribution in [3.63, 3.8) is 0 Å². The molecular weight excluding hydrogens is 685 g/mol. The average Bonchev–Trinajstić information content (AvgIpc) is 3.83. The highest BCUT2D eigenvalue weighted by Gasteiger charge is 2.20. The monoisotopic (exact) mass is 716 g/mol. The van der Waals surface area contributed by atoms with E-state index in [1.54, 1.807) is 0 Å². The second-order valence-corrected chi connectivity index (χ2v) is 14.0. The van der Waals surface area contributed by atoms with Crippen molar-refractivity contribution in [2.24, 2.45) is 0 Å². The number of aromatic nitrogens is 4. The third-order valence-electron chi connectivity index (χ3n) is 10.7. The second kappa shape index (κ2) is 13.0. The first-order valence-corrected chi connectivity index (χ1v) is 18.8. The lowest BCUT2D eigenvalue weighted by Gasteiger charge is -2.14. The molecule has 0 bridgehead atoms. The minimum absolute atomic E-state index is 0.626. The molecule has 0 atom stereocenters. The van der Waals surface area contributed by atoms with E-state index < -0.39 is 0 Å². The van der Waals surface area contributed by atoms with Gasteiger partial charge in [0.15, 0.2) is 17.5 Å². The molecule has 0 N–H and O–H groups in total. The quantitative estimate of drug-likeness (QED) is 0.172. The van der Waals surface area contributed by atoms with E-state index in [0.29, 0.717) is 17.5 Å². The van der Waals surface area contributed by atoms with Gasteiger partial charge in [-0.25, -0.2) is 15.0 Å². The summed E-state index contributed by atoms with van der Waals surface area (Å²) in [7, 11) is 0. The lowest BCUT2D eigenvalue weighted by Crippen LogP contribution is -2.00. The molecule has 0 aliphatic carbocycles. The molecule has 56 heavy (non-hydrogen) atoms. The predicted octanol–water partition coefficient (Wildman–Crippen LogP) is 13.2. The van der Waals surface area contributed by atoms with E-state index >= 15 is 0 Å². The molecule has 0 radical (unpaired) electrons. The van der Waals surface area contributed by atoms with E-state index in [2.05, 4.69) is 126 Å². The highest BCUT2D eigenvalue weighted by atomic mass is 16.3. The minimum Gasteiger partial charge on any atom is -0.455 e. The topological polar surface area (TPSA) is 56.7 Å². The third-order valence-corrected chi connectivity index (χ3v) is 10.7. The first-order valence-electron chi connectivity index (χ1n) is 18.8. The van der Waals surface area contributed by atoms with E-state index in [4.69, 9.17) is 19.4 Å². The maximum Gasteiger partial charge on any atom is 0.164 e. The Morgan fingerprint density at radius 2 is 0.893 bits per heavy atom. The molecule has 0 amide bonds. The van der Waals surface area contributed by atoms with Gasteiger partial charge >= 0.3 is 0 Å². The molecule has 5 nitrogen and oxygen atoms in total. The molecule has 8 aromatic carbocycles. The van der Waals surface area contributed by atoms with Crippen LogP contribution in [0.25, 0.3) is 106 Å². The molecule has 0 saturated heterocycles. The molecule has 11 rings (SSSR count). The number of fused-ring (bicyclic) bond motifs is 6. The Hall–Kier alpha value is -7.63. The fourth-order valence-electron chi connectivity index (χ4n) is 8.03. The summed E-state index contributed by atoms with van der Waals surface area (Å²) < 4.78 is 8.94. The summed E-state index contributed by atoms with van der Waals surface area (Å²) in [6.45, 7) is 0. The van der Waals surface area contributed by atoms with Crippen LogP contribution in [0.2, 0.25) is 0 Å². The highest BCUT2D eigenvalue weighted by Crippen LogP contribution is 2.43. The Kier molecular flexibility index (Phi) is 7.42. The predicted molar refractivity (Wildman–Crippen MR) is 229 cm³/mol. The molecule has 0 fully saturated rings. The Bertz CT molecular complexity index is 3160. The maximum absolute atomic E-state index is 6.55. The summed E-state index contributed by atoms with van der Waals surface area (Å²) in [6.07, 6.45) is 0. The molecule has 11 aromatic rings. The number of furan rings is 1. The van der Waals surface area contributed by atoms with Crippen molar-refractivity contribution in [3.8, 4) is 62.1 Å². The molecule has 0 aliphatic rings. The first-order chi connectivity index (χ1) is 27.8. The van der Waals surface area contributed by atoms with Gasteiger partial charge in [-0.05, 0) is 59.7 Å². The molecule has 3 heterocycles. The Morgan fingerprint density at radius 1 is 0.357 bits per heavy atom. The van der Waals surface area contributed by atoms with Crippen LogP contribution in [0.5, 0.6) is 0 Å². The van der Waals surface area contributed by atoms with Gasteiger partial charge in [0.25, 0.3) is 0 Å². The van der Waals surface area contributed by atoms with Gasteiger partial charge in [0.1, 0.15) is 11.2 Å². The van der Waals surface area contributed by atoms with Gasteiger partial charge in [-0.15, -0.1) is 0 Å². The molecule has 0 unspecified atom stereocenters. The van der Waals surface area contributed by atoms with Gasteiger partial charge in [-0.1, -0.05) is 146 Å². The van der Waals surface area contributed by atoms with Crippen LogP contribution in [0.15, 0.2) is 199 Å². The number of para-hydroxylation sites is 3. The summed E-state index contributed by atoms with van der Waals surface area (Å²) in [5.74, 6) is 1.91. The van der Waals surface area contributed by atoms with Crippen molar-refractivity contribution in [2.75, 3.05) is 0 Å². The van der Waals surface area contributed by atoms with Crippen molar-refractivity contribution in [1.29, 1.82) is 0 Å². The molecule has 0 spiro atoms. The van der Waals surface area contributed by atoms with Crippen LogP contribution < -0.4 is 0 Å². The fraction of sp³-hybridized carbons (Fsp3) is 0. The smallest absolute Gasteiger partial charge is 0.164 e. The summed E-state index contributed by atoms with van der Waals surface area (Å²) in [6, 6.07) is 67.5. The van der Waals surface area contributed by atoms with Crippen molar-refractivity contribution in [2.45, 2.75) is 0 Å². The van der Waals surface area contributed by atoms with Crippen LogP contribution >= 0.6 is 0 Å². The zero-order chi connectivity index (χ0) is 37.0. The van der Waals surface area contributed by atoms with Crippen LogP contribution in [-0.2, 0) is 0 Å². The van der Waals surface area contributed by atoms with Crippen LogP contribution in [0.1, 0.15) is 0 Å². The van der Waals surface area contributed by atoms with Crippen LogP contribution in [0, 0.1) is 0 Å². The Labute approximate surface area is 322 Å². The zero-order valence-electron chi connectivity index (χ0n) is 30.2. The molecule has 3 aromatic heterocycles. The van der Waals surface area contributed by atoms with E-state index in [0.717, 1.165) is 77.6 Å². The van der Waals surface area contributed by atoms with Gasteiger partial charge in [0.05, 0.1) is 11.0 Å². The Morgan fingerprint density at radius 3 is 1.55 bits per heavy atom. The Balaban J connectivity index is 1.11. The molecule has 0 aliphatic heterocycles. The van der Waals surface area contributed by atoms with Crippen LogP contribution in [0.4, 0.5) is 0 Å². The minimum atomic E-state index is 0.626. The average molecular weight is 717 g/mol. The summed E-state index contributed by atoms with van der Waals surface area (Å²) >= 11 is 0. The number of nitrogens with zero attached hydrogens (tertiary/aromatic N) is 4. The first kappa shape index (κ1) is 31.9. The van der Waals surface area contributed by atoms with E-state index in [9.17, 15) is 0 Å². The number of hydrogen-bond donors (Lipinski definition) is 0. The SMILES string of the molecule is c1ccc(-c2nc(-c3ccccc3)nc(-c3ccc(-n4c5ccccc5c5cccc(-c6cc(-c7ccccc7)c7oc8ccccc8c7c6)c54)cc3)n2)cc1. The molecule has 262 valence electrons. The molecular formula is C51H32N4O. The zero-order valence-corrected chi connectivity index (χ0v) is 30.2. The second-order valence-electron chi connectivity index (χ2n) is 14.0. The fourth-order valence-corrected chi connectivity index (χ4v) is 8.03. The summed E-state index contributed by atoms with van der Waals surface area (Å²) in [4.78, 5) is 14.9. The van der Waals surface area contributed by atoms with Crippen molar-refractivity contribution in [1.82, 2.24) is 19.5 Å². The number of hydrogen-bond acceptors (Lipinski definition) is 4. The van der Waals surface area contributed by atoms with Crippen LogP contribution in [0.3, 0.4) is 0 Å². The van der Waals surface area contributed by atoms with E-state index in [-0.39, 0.29) is 0 Å². The summed E-state index contributed by atoms with van der Waals surface area (Å²) in [5, 5.41) is 4.60. The highest BCUT2D eigenvalue weighted by molar-refractivity contribution is 6.16. The summed E-state index contributed by atoms with van der Waals surface area (Å²) in [5.41, 5.74) is 12.4. The lowest BCUT2D eigenvalue weighted by atomic mass is 9.94. The normalized spacial score (nSPS) is 11.6. The lowest BCUT2D eigenvalue weighted by molar-refractivity contribution is 0.670. The standard InChI is InChI=1S/C51H32N4O/c1-4-15-33(16-5-1)43-31-37(32-44-41-22-11-13-26-46(41)56-48(43)44)39-23-14-24-42-40-21-10-12-25-45(40)55(47(39)42)38-29-27-36(28-30-38)51-53-49(34-17-6-2-7-18-34)52-50(54-51)35-19-8-3-9-20-35/h1-32H. The van der Waals surface area contributed by atoms with E-state index in [1.165, 1.54) is 10.8 Å². The number of rotatable bonds is 6. The van der Waals surface area contributed by atoms with Crippen molar-refractivity contribution in [3.05, 3.63) is 194 Å². The van der Waals surface area contributed by atoms with Gasteiger partial charge in [-0.2, -0.15) is 0 Å². The molecule has 0 saturated carbocycles. The van der Waals surface area contributed by atoms with Crippen LogP contribution in [-0.4, -0.2) is 19.5 Å². The number of benzene rings is 8. The third kappa shape index (κ3) is 5.29. The van der Waals surface area contributed by atoms with Gasteiger partial charge < -0.3 is 8.98 Å². The van der Waals surface area contributed by atoms with Crippen molar-refractivity contribution < 1.29 is 4.42 Å². The van der Waals surface area contributed by atoms with E-state index in [1.807, 2.05) is 72.8 Å². The van der Waals surface area contributed by atoms with Gasteiger partial charge in [0, 0.05) is 55.0 Å². The van der Waals surface area contributed by atoms with Gasteiger partial charge in [-0.3, -0.25) is 0 Å². The van der Waals surface area contributed by atoms with Crippen molar-refractivity contribution >= 4 is 43.7 Å². The largest absolute Gasteiger partial charge is 0.455 e. The molecule has 5 heteroatoms. The maximum atomic E-state index is 6.55. The van der Waals surface area contributed by atoms with Gasteiger partial charge in [0.2, 0.25) is 0 Å².